The average Bonchev–Trinajstić information content (AvgIpc) is 2.33. The summed E-state index contributed by atoms with van der Waals surface area (Å²) < 4.78 is 0. The van der Waals surface area contributed by atoms with Gasteiger partial charge in [0.15, 0.2) is 0 Å². The first-order valence-corrected chi connectivity index (χ1v) is 3.96. The summed E-state index contributed by atoms with van der Waals surface area (Å²) in [7, 11) is 0. The standard InChI is InChI=1S/C8H15NO/c1-6(10)8-4-2-3-7(8)5-9/h7-8H,2-5,9H2,1H3/t7-,8+/m1/s1. The Kier molecular flexibility index (Phi) is 2.44. The summed E-state index contributed by atoms with van der Waals surface area (Å²) in [6, 6.07) is 0. The molecule has 0 saturated heterocycles. The van der Waals surface area contributed by atoms with E-state index in [2.05, 4.69) is 0 Å². The van der Waals surface area contributed by atoms with Gasteiger partial charge in [0.25, 0.3) is 0 Å². The summed E-state index contributed by atoms with van der Waals surface area (Å²) >= 11 is 0. The second kappa shape index (κ2) is 3.15. The lowest BCUT2D eigenvalue weighted by atomic mass is 9.93. The van der Waals surface area contributed by atoms with Crippen LogP contribution in [-0.4, -0.2) is 12.3 Å². The Balaban J connectivity index is 2.50. The number of carbonyl (C=O) groups is 1. The van der Waals surface area contributed by atoms with Crippen molar-refractivity contribution in [2.75, 3.05) is 6.54 Å². The molecule has 0 unspecified atom stereocenters. The lowest BCUT2D eigenvalue weighted by Gasteiger charge is -2.13. The predicted octanol–water partition coefficient (Wildman–Crippen LogP) is 0.950. The predicted molar refractivity (Wildman–Crippen MR) is 40.6 cm³/mol. The summed E-state index contributed by atoms with van der Waals surface area (Å²) in [5.74, 6) is 1.09. The Morgan fingerprint density at radius 2 is 2.30 bits per heavy atom. The fraction of sp³-hybridized carbons (Fsp3) is 0.875. The Morgan fingerprint density at radius 3 is 2.70 bits per heavy atom. The first-order chi connectivity index (χ1) is 4.75. The van der Waals surface area contributed by atoms with Crippen LogP contribution >= 0.6 is 0 Å². The first-order valence-electron chi connectivity index (χ1n) is 3.96. The number of rotatable bonds is 2. The van der Waals surface area contributed by atoms with Gasteiger partial charge in [0.05, 0.1) is 0 Å². The highest BCUT2D eigenvalue weighted by molar-refractivity contribution is 5.78. The van der Waals surface area contributed by atoms with Crippen molar-refractivity contribution in [1.82, 2.24) is 0 Å². The molecule has 1 rings (SSSR count). The van der Waals surface area contributed by atoms with Crippen LogP contribution in [0.2, 0.25) is 0 Å². The van der Waals surface area contributed by atoms with Gasteiger partial charge in [-0.05, 0) is 32.2 Å². The van der Waals surface area contributed by atoms with Crippen molar-refractivity contribution in [3.05, 3.63) is 0 Å². The number of hydrogen-bond donors (Lipinski definition) is 1. The zero-order valence-electron chi connectivity index (χ0n) is 6.47. The van der Waals surface area contributed by atoms with Crippen LogP contribution in [0.15, 0.2) is 0 Å². The van der Waals surface area contributed by atoms with E-state index in [1.807, 2.05) is 0 Å². The van der Waals surface area contributed by atoms with E-state index in [1.165, 1.54) is 6.42 Å². The van der Waals surface area contributed by atoms with Crippen molar-refractivity contribution in [3.63, 3.8) is 0 Å². The highest BCUT2D eigenvalue weighted by Gasteiger charge is 2.28. The van der Waals surface area contributed by atoms with Crippen LogP contribution in [0.3, 0.4) is 0 Å². The molecule has 1 aliphatic carbocycles. The third-order valence-corrected chi connectivity index (χ3v) is 2.48. The Morgan fingerprint density at radius 1 is 1.60 bits per heavy atom. The molecule has 58 valence electrons. The van der Waals surface area contributed by atoms with E-state index in [0.717, 1.165) is 12.8 Å². The molecular formula is C8H15NO. The minimum atomic E-state index is 0.282. The van der Waals surface area contributed by atoms with Gasteiger partial charge >= 0.3 is 0 Å². The third-order valence-electron chi connectivity index (χ3n) is 2.48. The van der Waals surface area contributed by atoms with Crippen LogP contribution in [0, 0.1) is 11.8 Å². The average molecular weight is 141 g/mol. The fourth-order valence-corrected chi connectivity index (χ4v) is 1.85. The van der Waals surface area contributed by atoms with Gasteiger partial charge in [-0.25, -0.2) is 0 Å². The molecule has 1 saturated carbocycles. The largest absolute Gasteiger partial charge is 0.330 e. The van der Waals surface area contributed by atoms with Crippen LogP contribution in [0.25, 0.3) is 0 Å². The van der Waals surface area contributed by atoms with E-state index in [-0.39, 0.29) is 5.92 Å². The second-order valence-corrected chi connectivity index (χ2v) is 3.14. The summed E-state index contributed by atoms with van der Waals surface area (Å²) in [4.78, 5) is 11.0. The maximum Gasteiger partial charge on any atom is 0.133 e. The van der Waals surface area contributed by atoms with Gasteiger partial charge in [0.2, 0.25) is 0 Å². The van der Waals surface area contributed by atoms with Crippen molar-refractivity contribution in [2.45, 2.75) is 26.2 Å². The van der Waals surface area contributed by atoms with E-state index >= 15 is 0 Å². The molecule has 0 heterocycles. The molecule has 0 radical (unpaired) electrons. The van der Waals surface area contributed by atoms with E-state index in [4.69, 9.17) is 5.73 Å². The fourth-order valence-electron chi connectivity index (χ4n) is 1.85. The van der Waals surface area contributed by atoms with Crippen molar-refractivity contribution in [1.29, 1.82) is 0 Å². The first kappa shape index (κ1) is 7.73. The minimum Gasteiger partial charge on any atom is -0.330 e. The number of Topliss-reactive ketones (excluding diaryl/α,β-unsaturated/α-hetero) is 1. The molecule has 0 bridgehead atoms. The highest BCUT2D eigenvalue weighted by Crippen LogP contribution is 2.31. The molecule has 2 heteroatoms. The van der Waals surface area contributed by atoms with Gasteiger partial charge < -0.3 is 5.73 Å². The number of nitrogens with two attached hydrogens (primary N) is 1. The van der Waals surface area contributed by atoms with Crippen LogP contribution < -0.4 is 5.73 Å². The van der Waals surface area contributed by atoms with E-state index in [0.29, 0.717) is 18.2 Å². The van der Waals surface area contributed by atoms with Crippen molar-refractivity contribution in [2.24, 2.45) is 17.6 Å². The summed E-state index contributed by atoms with van der Waals surface area (Å²) in [6.07, 6.45) is 3.41. The van der Waals surface area contributed by atoms with Gasteiger partial charge in [-0.15, -0.1) is 0 Å². The molecule has 0 spiro atoms. The molecule has 0 aromatic heterocycles. The number of ketones is 1. The summed E-state index contributed by atoms with van der Waals surface area (Å²) in [5, 5.41) is 0. The topological polar surface area (TPSA) is 43.1 Å². The van der Waals surface area contributed by atoms with Gasteiger partial charge in [-0.1, -0.05) is 6.42 Å². The summed E-state index contributed by atoms with van der Waals surface area (Å²) in [6.45, 7) is 2.36. The van der Waals surface area contributed by atoms with Crippen LogP contribution in [0.5, 0.6) is 0 Å². The van der Waals surface area contributed by atoms with E-state index < -0.39 is 0 Å². The zero-order chi connectivity index (χ0) is 7.56. The quantitative estimate of drug-likeness (QED) is 0.622. The minimum absolute atomic E-state index is 0.282. The molecule has 1 fully saturated rings. The van der Waals surface area contributed by atoms with Crippen LogP contribution in [-0.2, 0) is 4.79 Å². The Labute approximate surface area is 61.8 Å². The van der Waals surface area contributed by atoms with Crippen molar-refractivity contribution in [3.8, 4) is 0 Å². The van der Waals surface area contributed by atoms with Crippen LogP contribution in [0.1, 0.15) is 26.2 Å². The number of carbonyl (C=O) groups excluding carboxylic acids is 1. The third kappa shape index (κ3) is 1.37. The van der Waals surface area contributed by atoms with Crippen molar-refractivity contribution < 1.29 is 4.79 Å². The maximum atomic E-state index is 11.0. The normalized spacial score (nSPS) is 32.6. The Bertz CT molecular complexity index is 133. The molecule has 2 atom stereocenters. The molecule has 10 heavy (non-hydrogen) atoms. The molecule has 2 N–H and O–H groups in total. The van der Waals surface area contributed by atoms with E-state index in [1.54, 1.807) is 6.92 Å². The molecule has 0 aromatic rings. The van der Waals surface area contributed by atoms with Crippen molar-refractivity contribution >= 4 is 5.78 Å². The lowest BCUT2D eigenvalue weighted by Crippen LogP contribution is -2.23. The molecule has 0 aromatic carbocycles. The monoisotopic (exact) mass is 141 g/mol. The number of hydrogen-bond acceptors (Lipinski definition) is 2. The highest BCUT2D eigenvalue weighted by atomic mass is 16.1. The molecular weight excluding hydrogens is 126 g/mol. The maximum absolute atomic E-state index is 11.0. The molecule has 0 amide bonds. The zero-order valence-corrected chi connectivity index (χ0v) is 6.47. The van der Waals surface area contributed by atoms with E-state index in [9.17, 15) is 4.79 Å². The smallest absolute Gasteiger partial charge is 0.133 e. The molecule has 0 aliphatic heterocycles. The van der Waals surface area contributed by atoms with Gasteiger partial charge in [0, 0.05) is 5.92 Å². The van der Waals surface area contributed by atoms with Gasteiger partial charge in [-0.2, -0.15) is 0 Å². The SMILES string of the molecule is CC(=O)[C@@H]1CCC[C@@H]1CN. The van der Waals surface area contributed by atoms with Gasteiger partial charge in [0.1, 0.15) is 5.78 Å². The summed E-state index contributed by atoms with van der Waals surface area (Å²) in [5.41, 5.74) is 5.51. The second-order valence-electron chi connectivity index (χ2n) is 3.14. The van der Waals surface area contributed by atoms with Gasteiger partial charge in [-0.3, -0.25) is 4.79 Å². The molecule has 1 aliphatic rings. The van der Waals surface area contributed by atoms with Crippen LogP contribution in [0.4, 0.5) is 0 Å². The lowest BCUT2D eigenvalue weighted by molar-refractivity contribution is -0.121. The molecule has 2 nitrogen and oxygen atoms in total. The Hall–Kier alpha value is -0.370.